The van der Waals surface area contributed by atoms with Crippen LogP contribution in [0.2, 0.25) is 5.02 Å². The lowest BCUT2D eigenvalue weighted by Crippen LogP contribution is -2.44. The molecule has 2 rings (SSSR count). The summed E-state index contributed by atoms with van der Waals surface area (Å²) in [7, 11) is -2.88. The smallest absolute Gasteiger partial charge is 0.151 e. The molecule has 0 spiro atoms. The molecule has 118 valence electrons. The third-order valence-electron chi connectivity index (χ3n) is 3.68. The molecule has 2 atom stereocenters. The van der Waals surface area contributed by atoms with Crippen LogP contribution < -0.4 is 10.1 Å². The van der Waals surface area contributed by atoms with Crippen molar-refractivity contribution in [2.24, 2.45) is 0 Å². The van der Waals surface area contributed by atoms with E-state index in [9.17, 15) is 8.42 Å². The van der Waals surface area contributed by atoms with E-state index in [1.165, 1.54) is 0 Å². The summed E-state index contributed by atoms with van der Waals surface area (Å²) in [6, 6.07) is 7.42. The Hall–Kier alpha value is -0.780. The van der Waals surface area contributed by atoms with Crippen LogP contribution in [0.3, 0.4) is 0 Å². The first-order valence-corrected chi connectivity index (χ1v) is 9.55. The number of rotatable bonds is 6. The predicted octanol–water partition coefficient (Wildman–Crippen LogP) is 2.66. The molecule has 0 amide bonds. The van der Waals surface area contributed by atoms with E-state index >= 15 is 0 Å². The predicted molar refractivity (Wildman–Crippen MR) is 85.8 cm³/mol. The Bertz CT molecular complexity index is 562. The highest BCUT2D eigenvalue weighted by molar-refractivity contribution is 7.91. The Morgan fingerprint density at radius 3 is 2.86 bits per heavy atom. The molecule has 1 fully saturated rings. The van der Waals surface area contributed by atoms with Gasteiger partial charge in [0.25, 0.3) is 0 Å². The Morgan fingerprint density at radius 2 is 2.19 bits per heavy atom. The van der Waals surface area contributed by atoms with E-state index in [0.717, 1.165) is 19.3 Å². The maximum Gasteiger partial charge on any atom is 0.151 e. The van der Waals surface area contributed by atoms with Gasteiger partial charge >= 0.3 is 0 Å². The fourth-order valence-corrected chi connectivity index (χ4v) is 4.32. The van der Waals surface area contributed by atoms with Crippen molar-refractivity contribution in [2.45, 2.75) is 38.3 Å². The molecule has 1 aromatic rings. The first kappa shape index (κ1) is 16.6. The fourth-order valence-electron chi connectivity index (χ4n) is 2.47. The van der Waals surface area contributed by atoms with Gasteiger partial charge in [-0.25, -0.2) is 8.42 Å². The van der Waals surface area contributed by atoms with Gasteiger partial charge in [0.15, 0.2) is 9.84 Å². The Labute approximate surface area is 131 Å². The van der Waals surface area contributed by atoms with Gasteiger partial charge in [-0.05, 0) is 31.4 Å². The van der Waals surface area contributed by atoms with E-state index in [1.807, 2.05) is 25.1 Å². The summed E-state index contributed by atoms with van der Waals surface area (Å²) in [6.07, 6.45) is 2.45. The van der Waals surface area contributed by atoms with Gasteiger partial charge in [0.1, 0.15) is 11.9 Å². The Morgan fingerprint density at radius 1 is 1.43 bits per heavy atom. The highest BCUT2D eigenvalue weighted by atomic mass is 35.5. The molecule has 0 radical (unpaired) electrons. The Balaban J connectivity index is 1.87. The molecule has 21 heavy (non-hydrogen) atoms. The minimum Gasteiger partial charge on any atom is -0.488 e. The largest absolute Gasteiger partial charge is 0.488 e. The SMILES string of the molecule is CC[C@H](CN[C@H]1CCCS(=O)(=O)C1)Oc1ccccc1Cl. The zero-order valence-corrected chi connectivity index (χ0v) is 13.8. The van der Waals surface area contributed by atoms with Crippen molar-refractivity contribution in [3.05, 3.63) is 29.3 Å². The monoisotopic (exact) mass is 331 g/mol. The summed E-state index contributed by atoms with van der Waals surface area (Å²) in [4.78, 5) is 0. The molecule has 0 aromatic heterocycles. The Kier molecular flexibility index (Phi) is 5.90. The number of benzene rings is 1. The van der Waals surface area contributed by atoms with Crippen molar-refractivity contribution in [3.8, 4) is 5.75 Å². The zero-order valence-electron chi connectivity index (χ0n) is 12.2. The number of nitrogens with one attached hydrogen (secondary N) is 1. The second kappa shape index (κ2) is 7.47. The summed E-state index contributed by atoms with van der Waals surface area (Å²) in [5.74, 6) is 1.22. The van der Waals surface area contributed by atoms with Gasteiger partial charge < -0.3 is 10.1 Å². The van der Waals surface area contributed by atoms with Crippen molar-refractivity contribution in [1.82, 2.24) is 5.32 Å². The van der Waals surface area contributed by atoms with Gasteiger partial charge in [0.05, 0.1) is 16.5 Å². The number of ether oxygens (including phenoxy) is 1. The van der Waals surface area contributed by atoms with Gasteiger partial charge in [-0.3, -0.25) is 0 Å². The van der Waals surface area contributed by atoms with Crippen LogP contribution in [0.1, 0.15) is 26.2 Å². The second-order valence-corrected chi connectivity index (χ2v) is 8.08. The molecule has 0 bridgehead atoms. The number of sulfone groups is 1. The van der Waals surface area contributed by atoms with Gasteiger partial charge in [-0.1, -0.05) is 30.7 Å². The quantitative estimate of drug-likeness (QED) is 0.870. The lowest BCUT2D eigenvalue weighted by Gasteiger charge is -2.26. The number of para-hydroxylation sites is 1. The molecule has 1 aliphatic heterocycles. The van der Waals surface area contributed by atoms with Crippen molar-refractivity contribution >= 4 is 21.4 Å². The van der Waals surface area contributed by atoms with Crippen LogP contribution in [0.15, 0.2) is 24.3 Å². The molecule has 0 unspecified atom stereocenters. The van der Waals surface area contributed by atoms with E-state index in [1.54, 1.807) is 6.07 Å². The van der Waals surface area contributed by atoms with Crippen LogP contribution in [0.5, 0.6) is 5.75 Å². The standard InChI is InChI=1S/C15H22ClNO3S/c1-2-13(20-15-8-4-3-7-14(15)16)10-17-12-6-5-9-21(18,19)11-12/h3-4,7-8,12-13,17H,2,5-6,9-11H2,1H3/t12-,13+/m0/s1. The van der Waals surface area contributed by atoms with Crippen molar-refractivity contribution in [1.29, 1.82) is 0 Å². The molecule has 6 heteroatoms. The number of halogens is 1. The maximum atomic E-state index is 11.6. The van der Waals surface area contributed by atoms with Crippen LogP contribution in [0, 0.1) is 0 Å². The van der Waals surface area contributed by atoms with E-state index in [-0.39, 0.29) is 17.9 Å². The van der Waals surface area contributed by atoms with Gasteiger partial charge in [0, 0.05) is 12.6 Å². The van der Waals surface area contributed by atoms with Gasteiger partial charge in [-0.2, -0.15) is 0 Å². The van der Waals surface area contributed by atoms with Crippen LogP contribution in [-0.2, 0) is 9.84 Å². The number of hydrogen-bond donors (Lipinski definition) is 1. The fraction of sp³-hybridized carbons (Fsp3) is 0.600. The maximum absolute atomic E-state index is 11.6. The van der Waals surface area contributed by atoms with E-state index < -0.39 is 9.84 Å². The molecule has 1 N–H and O–H groups in total. The molecule has 1 aliphatic rings. The first-order valence-electron chi connectivity index (χ1n) is 7.35. The highest BCUT2D eigenvalue weighted by Crippen LogP contribution is 2.24. The lowest BCUT2D eigenvalue weighted by atomic mass is 10.1. The molecular weight excluding hydrogens is 310 g/mol. The normalized spacial score (nSPS) is 22.7. The van der Waals surface area contributed by atoms with E-state index in [0.29, 0.717) is 23.1 Å². The minimum atomic E-state index is -2.88. The minimum absolute atomic E-state index is 0.0190. The molecule has 1 aromatic carbocycles. The van der Waals surface area contributed by atoms with Crippen LogP contribution >= 0.6 is 11.6 Å². The second-order valence-electron chi connectivity index (χ2n) is 5.44. The zero-order chi connectivity index (χ0) is 15.3. The molecule has 1 heterocycles. The van der Waals surface area contributed by atoms with Crippen molar-refractivity contribution in [3.63, 3.8) is 0 Å². The first-order chi connectivity index (χ1) is 10.00. The van der Waals surface area contributed by atoms with Crippen molar-refractivity contribution < 1.29 is 13.2 Å². The highest BCUT2D eigenvalue weighted by Gasteiger charge is 2.25. The van der Waals surface area contributed by atoms with Gasteiger partial charge in [0.2, 0.25) is 0 Å². The molecule has 1 saturated heterocycles. The summed E-state index contributed by atoms with van der Waals surface area (Å²) in [5.41, 5.74) is 0. The average molecular weight is 332 g/mol. The van der Waals surface area contributed by atoms with Gasteiger partial charge in [-0.15, -0.1) is 0 Å². The van der Waals surface area contributed by atoms with E-state index in [4.69, 9.17) is 16.3 Å². The summed E-state index contributed by atoms with van der Waals surface area (Å²) < 4.78 is 29.1. The third kappa shape index (κ3) is 5.16. The molecule has 4 nitrogen and oxygen atoms in total. The lowest BCUT2D eigenvalue weighted by molar-refractivity contribution is 0.188. The molecular formula is C15H22ClNO3S. The van der Waals surface area contributed by atoms with Crippen LogP contribution in [0.4, 0.5) is 0 Å². The van der Waals surface area contributed by atoms with E-state index in [2.05, 4.69) is 5.32 Å². The number of hydrogen-bond acceptors (Lipinski definition) is 4. The average Bonchev–Trinajstić information content (AvgIpc) is 2.44. The summed E-state index contributed by atoms with van der Waals surface area (Å²) >= 11 is 6.09. The van der Waals surface area contributed by atoms with Crippen LogP contribution in [-0.4, -0.2) is 38.6 Å². The molecule has 0 aliphatic carbocycles. The topological polar surface area (TPSA) is 55.4 Å². The molecule has 0 saturated carbocycles. The van der Waals surface area contributed by atoms with Crippen LogP contribution in [0.25, 0.3) is 0 Å². The summed E-state index contributed by atoms with van der Waals surface area (Å²) in [6.45, 7) is 2.67. The van der Waals surface area contributed by atoms with Crippen molar-refractivity contribution in [2.75, 3.05) is 18.1 Å². The third-order valence-corrected chi connectivity index (χ3v) is 5.82. The summed E-state index contributed by atoms with van der Waals surface area (Å²) in [5, 5.41) is 3.91.